The predicted molar refractivity (Wildman–Crippen MR) is 114 cm³/mol. The van der Waals surface area contributed by atoms with E-state index in [1.165, 1.54) is 12.5 Å². The first-order valence-electron chi connectivity index (χ1n) is 9.83. The number of aromatic amines is 1. The van der Waals surface area contributed by atoms with Crippen LogP contribution >= 0.6 is 11.6 Å². The molecule has 0 saturated carbocycles. The van der Waals surface area contributed by atoms with Crippen molar-refractivity contribution in [1.82, 2.24) is 24.8 Å². The number of nitrogens with one attached hydrogen (secondary N) is 2. The molecular formula is C21H21ClN5O4. The normalized spacial score (nSPS) is 13.7. The summed E-state index contributed by atoms with van der Waals surface area (Å²) >= 11 is 5.99. The summed E-state index contributed by atoms with van der Waals surface area (Å²) in [5, 5.41) is 13.1. The third-order valence-electron chi connectivity index (χ3n) is 5.12. The Morgan fingerprint density at radius 2 is 2.10 bits per heavy atom. The van der Waals surface area contributed by atoms with Gasteiger partial charge in [0.2, 0.25) is 5.91 Å². The summed E-state index contributed by atoms with van der Waals surface area (Å²) in [6, 6.07) is 8.40. The second-order valence-electron chi connectivity index (χ2n) is 7.25. The zero-order chi connectivity index (χ0) is 22.0. The molecule has 2 amide bonds. The minimum Gasteiger partial charge on any atom is -0.396 e. The Kier molecular flexibility index (Phi) is 6.06. The van der Waals surface area contributed by atoms with Crippen LogP contribution in [0.15, 0.2) is 35.1 Å². The van der Waals surface area contributed by atoms with Gasteiger partial charge in [-0.05, 0) is 30.7 Å². The lowest BCUT2D eigenvalue weighted by atomic mass is 10.2. The van der Waals surface area contributed by atoms with Crippen LogP contribution in [-0.4, -0.2) is 49.5 Å². The lowest BCUT2D eigenvalue weighted by Gasteiger charge is -2.19. The molecule has 3 N–H and O–H groups in total. The van der Waals surface area contributed by atoms with Gasteiger partial charge in [-0.1, -0.05) is 11.6 Å². The number of nitrogens with zero attached hydrogens (tertiary/aromatic N) is 3. The van der Waals surface area contributed by atoms with E-state index < -0.39 is 0 Å². The van der Waals surface area contributed by atoms with Crippen LogP contribution in [0.4, 0.5) is 0 Å². The van der Waals surface area contributed by atoms with E-state index in [9.17, 15) is 14.4 Å². The third kappa shape index (κ3) is 4.62. The molecule has 1 radical (unpaired) electrons. The van der Waals surface area contributed by atoms with Gasteiger partial charge in [0.25, 0.3) is 11.5 Å². The number of benzene rings is 1. The summed E-state index contributed by atoms with van der Waals surface area (Å²) in [5.41, 5.74) is 1.35. The maximum atomic E-state index is 12.5. The van der Waals surface area contributed by atoms with Crippen LogP contribution in [0, 0.1) is 6.42 Å². The molecule has 1 aromatic carbocycles. The maximum Gasteiger partial charge on any atom is 0.268 e. The molecule has 0 bridgehead atoms. The zero-order valence-corrected chi connectivity index (χ0v) is 17.4. The van der Waals surface area contributed by atoms with Crippen molar-refractivity contribution in [3.63, 3.8) is 0 Å². The van der Waals surface area contributed by atoms with Gasteiger partial charge >= 0.3 is 0 Å². The molecule has 0 spiro atoms. The van der Waals surface area contributed by atoms with Gasteiger partial charge in [0.05, 0.1) is 31.8 Å². The Balaban J connectivity index is 1.50. The zero-order valence-electron chi connectivity index (χ0n) is 16.6. The highest BCUT2D eigenvalue weighted by Gasteiger charge is 2.21. The number of carbonyl (C=O) groups is 2. The van der Waals surface area contributed by atoms with Crippen LogP contribution < -0.4 is 10.9 Å². The number of hydrogen-bond acceptors (Lipinski definition) is 5. The van der Waals surface area contributed by atoms with Crippen LogP contribution in [-0.2, 0) is 24.4 Å². The Hall–Kier alpha value is -3.17. The molecule has 0 saturated heterocycles. The molecule has 10 heteroatoms. The van der Waals surface area contributed by atoms with E-state index in [1.54, 1.807) is 33.7 Å². The van der Waals surface area contributed by atoms with Crippen molar-refractivity contribution in [2.24, 2.45) is 0 Å². The van der Waals surface area contributed by atoms with E-state index in [1.807, 2.05) is 0 Å². The fraction of sp³-hybridized carbons (Fsp3) is 0.286. The summed E-state index contributed by atoms with van der Waals surface area (Å²) in [4.78, 5) is 46.3. The summed E-state index contributed by atoms with van der Waals surface area (Å²) < 4.78 is 1.54. The third-order valence-corrected chi connectivity index (χ3v) is 5.35. The lowest BCUT2D eigenvalue weighted by Crippen LogP contribution is -2.33. The quantitative estimate of drug-likeness (QED) is 0.549. The van der Waals surface area contributed by atoms with Crippen LogP contribution in [0.3, 0.4) is 0 Å². The Morgan fingerprint density at radius 1 is 1.26 bits per heavy atom. The second kappa shape index (κ2) is 8.91. The van der Waals surface area contributed by atoms with Crippen molar-refractivity contribution in [2.45, 2.75) is 26.1 Å². The average Bonchev–Trinajstić information content (AvgIpc) is 3.03. The number of fused-ring (bicyclic) bond motifs is 2. The highest BCUT2D eigenvalue weighted by molar-refractivity contribution is 6.31. The standard InChI is InChI=1S/C21H21ClN5O4/c22-14-2-3-16-13(8-14)9-17(25-16)21(31)23-11-15-10-20(30)27-6-1-5-26(12-18(27)24-15)19(29)4-7-28/h2-4,8-10,25,28H,1,5-7,11-12H2,(H,23,31). The van der Waals surface area contributed by atoms with Gasteiger partial charge in [0, 0.05) is 35.1 Å². The smallest absolute Gasteiger partial charge is 0.268 e. The van der Waals surface area contributed by atoms with Crippen LogP contribution in [0.25, 0.3) is 10.9 Å². The number of H-pyrrole nitrogens is 1. The van der Waals surface area contributed by atoms with Crippen LogP contribution in [0.2, 0.25) is 5.02 Å². The summed E-state index contributed by atoms with van der Waals surface area (Å²) in [5.74, 6) is -0.185. The molecule has 161 valence electrons. The van der Waals surface area contributed by atoms with Crippen LogP contribution in [0.5, 0.6) is 0 Å². The molecule has 0 unspecified atom stereocenters. The monoisotopic (exact) mass is 442 g/mol. The van der Waals surface area contributed by atoms with Crippen molar-refractivity contribution in [1.29, 1.82) is 0 Å². The summed E-state index contributed by atoms with van der Waals surface area (Å²) in [6.07, 6.45) is 1.80. The van der Waals surface area contributed by atoms with Crippen molar-refractivity contribution in [3.8, 4) is 0 Å². The first kappa shape index (κ1) is 21.1. The van der Waals surface area contributed by atoms with Crippen molar-refractivity contribution in [3.05, 3.63) is 69.3 Å². The molecule has 31 heavy (non-hydrogen) atoms. The molecule has 1 aliphatic rings. The molecule has 0 fully saturated rings. The van der Waals surface area contributed by atoms with Gasteiger partial charge < -0.3 is 20.3 Å². The summed E-state index contributed by atoms with van der Waals surface area (Å²) in [6.45, 7) is 0.800. The van der Waals surface area contributed by atoms with E-state index >= 15 is 0 Å². The summed E-state index contributed by atoms with van der Waals surface area (Å²) in [7, 11) is 0. The Morgan fingerprint density at radius 3 is 2.90 bits per heavy atom. The maximum absolute atomic E-state index is 12.5. The molecule has 3 heterocycles. The highest BCUT2D eigenvalue weighted by Crippen LogP contribution is 2.20. The number of aliphatic hydroxyl groups is 1. The topological polar surface area (TPSA) is 120 Å². The number of amides is 2. The van der Waals surface area contributed by atoms with Gasteiger partial charge in [0.15, 0.2) is 0 Å². The van der Waals surface area contributed by atoms with E-state index in [0.29, 0.717) is 41.7 Å². The van der Waals surface area contributed by atoms with Gasteiger partial charge in [0.1, 0.15) is 11.5 Å². The van der Waals surface area contributed by atoms with Crippen molar-refractivity contribution in [2.75, 3.05) is 13.2 Å². The number of hydrogen-bond donors (Lipinski definition) is 3. The molecule has 4 rings (SSSR count). The Bertz CT molecular complexity index is 1200. The molecule has 9 nitrogen and oxygen atoms in total. The molecular weight excluding hydrogens is 422 g/mol. The van der Waals surface area contributed by atoms with Gasteiger partial charge in [-0.15, -0.1) is 0 Å². The van der Waals surface area contributed by atoms with E-state index in [2.05, 4.69) is 15.3 Å². The largest absolute Gasteiger partial charge is 0.396 e. The fourth-order valence-corrected chi connectivity index (χ4v) is 3.79. The molecule has 0 aliphatic carbocycles. The fourth-order valence-electron chi connectivity index (χ4n) is 3.61. The highest BCUT2D eigenvalue weighted by atomic mass is 35.5. The van der Waals surface area contributed by atoms with E-state index in [4.69, 9.17) is 16.7 Å². The number of halogens is 1. The Labute approximate surface area is 182 Å². The predicted octanol–water partition coefficient (Wildman–Crippen LogP) is 1.24. The van der Waals surface area contributed by atoms with Gasteiger partial charge in [-0.3, -0.25) is 19.0 Å². The molecule has 0 atom stereocenters. The van der Waals surface area contributed by atoms with Crippen molar-refractivity contribution >= 4 is 34.3 Å². The number of aliphatic hydroxyl groups excluding tert-OH is 1. The number of rotatable bonds is 5. The minimum absolute atomic E-state index is 0.0642. The molecule has 1 aliphatic heterocycles. The first-order valence-corrected chi connectivity index (χ1v) is 10.2. The van der Waals surface area contributed by atoms with E-state index in [-0.39, 0.29) is 37.1 Å². The molecule has 2 aromatic heterocycles. The lowest BCUT2D eigenvalue weighted by molar-refractivity contribution is -0.128. The molecule has 3 aromatic rings. The average molecular weight is 443 g/mol. The number of aromatic nitrogens is 3. The minimum atomic E-state index is -0.346. The second-order valence-corrected chi connectivity index (χ2v) is 7.69. The SMILES string of the molecule is O=C(NCc1cc(=O)n2c(n1)CN(C(=O)[CH]CO)CCC2)c1cc2cc(Cl)ccc2[nH]1. The van der Waals surface area contributed by atoms with E-state index in [0.717, 1.165) is 10.9 Å². The van der Waals surface area contributed by atoms with Crippen molar-refractivity contribution < 1.29 is 14.7 Å². The van der Waals surface area contributed by atoms with Crippen LogP contribution in [0.1, 0.15) is 28.4 Å². The number of carbonyl (C=O) groups excluding carboxylic acids is 2. The van der Waals surface area contributed by atoms with Gasteiger partial charge in [-0.25, -0.2) is 4.98 Å². The van der Waals surface area contributed by atoms with Gasteiger partial charge in [-0.2, -0.15) is 0 Å². The first-order chi connectivity index (χ1) is 14.9.